The summed E-state index contributed by atoms with van der Waals surface area (Å²) in [6.45, 7) is 3.97. The van der Waals surface area contributed by atoms with Gasteiger partial charge in [-0.05, 0) is 38.1 Å². The maximum atomic E-state index is 12.9. The topological polar surface area (TPSA) is 48.3 Å². The molecule has 0 amide bonds. The molecule has 0 saturated heterocycles. The predicted molar refractivity (Wildman–Crippen MR) is 88.8 cm³/mol. The number of ether oxygens (including phenoxy) is 1. The molecule has 1 heterocycles. The predicted octanol–water partition coefficient (Wildman–Crippen LogP) is 3.81. The van der Waals surface area contributed by atoms with Crippen molar-refractivity contribution in [2.24, 2.45) is 0 Å². The van der Waals surface area contributed by atoms with E-state index >= 15 is 0 Å². The Balaban J connectivity index is 2.17. The number of hydrogen-bond acceptors (Lipinski definition) is 3. The lowest BCUT2D eigenvalue weighted by Crippen LogP contribution is -2.19. The Bertz CT molecular complexity index is 875. The zero-order valence-electron chi connectivity index (χ0n) is 13.1. The van der Waals surface area contributed by atoms with E-state index in [4.69, 9.17) is 4.74 Å². The molecule has 0 aliphatic heterocycles. The summed E-state index contributed by atoms with van der Waals surface area (Å²) in [5.74, 6) is -0.738. The van der Waals surface area contributed by atoms with Crippen LogP contribution in [0, 0.1) is 6.92 Å². The van der Waals surface area contributed by atoms with Gasteiger partial charge in [0.25, 0.3) is 5.91 Å². The molecule has 0 N–H and O–H groups in total. The summed E-state index contributed by atoms with van der Waals surface area (Å²) in [6, 6.07) is 16.4. The van der Waals surface area contributed by atoms with Crippen molar-refractivity contribution >= 4 is 22.8 Å². The Labute approximate surface area is 134 Å². The summed E-state index contributed by atoms with van der Waals surface area (Å²) >= 11 is 0. The van der Waals surface area contributed by atoms with Crippen molar-refractivity contribution in [3.8, 4) is 0 Å². The van der Waals surface area contributed by atoms with E-state index in [1.54, 1.807) is 25.1 Å². The fourth-order valence-electron chi connectivity index (χ4n) is 2.55. The van der Waals surface area contributed by atoms with Crippen LogP contribution in [0.5, 0.6) is 0 Å². The van der Waals surface area contributed by atoms with Crippen molar-refractivity contribution in [1.29, 1.82) is 0 Å². The Morgan fingerprint density at radius 1 is 1.04 bits per heavy atom. The Hall–Kier alpha value is -2.88. The standard InChI is InChI=1S/C19H17NO3/c1-3-23-19(22)17-12-15-6-4-5-7-16(15)20(17)18(21)14-10-8-13(2)9-11-14/h4-12H,3H2,1-2H3. The smallest absolute Gasteiger partial charge is 0.355 e. The normalized spacial score (nSPS) is 10.7. The van der Waals surface area contributed by atoms with Gasteiger partial charge in [-0.15, -0.1) is 0 Å². The van der Waals surface area contributed by atoms with E-state index in [-0.39, 0.29) is 18.2 Å². The van der Waals surface area contributed by atoms with Crippen molar-refractivity contribution in [3.05, 3.63) is 71.4 Å². The van der Waals surface area contributed by atoms with Crippen LogP contribution in [0.4, 0.5) is 0 Å². The number of nitrogens with zero attached hydrogens (tertiary/aromatic N) is 1. The van der Waals surface area contributed by atoms with Crippen LogP contribution < -0.4 is 0 Å². The van der Waals surface area contributed by atoms with Crippen LogP contribution in [-0.4, -0.2) is 23.1 Å². The molecule has 23 heavy (non-hydrogen) atoms. The third-order valence-electron chi connectivity index (χ3n) is 3.70. The molecule has 4 heteroatoms. The molecule has 4 nitrogen and oxygen atoms in total. The summed E-state index contributed by atoms with van der Waals surface area (Å²) in [7, 11) is 0. The molecule has 0 saturated carbocycles. The quantitative estimate of drug-likeness (QED) is 0.691. The third kappa shape index (κ3) is 2.75. The van der Waals surface area contributed by atoms with Gasteiger partial charge in [0, 0.05) is 10.9 Å². The van der Waals surface area contributed by atoms with Crippen LogP contribution in [0.15, 0.2) is 54.6 Å². The minimum atomic E-state index is -0.496. The number of rotatable bonds is 3. The van der Waals surface area contributed by atoms with Crippen LogP contribution in [0.3, 0.4) is 0 Å². The molecule has 3 rings (SSSR count). The van der Waals surface area contributed by atoms with Gasteiger partial charge >= 0.3 is 5.97 Å². The molecule has 0 atom stereocenters. The number of carbonyl (C=O) groups excluding carboxylic acids is 2. The summed E-state index contributed by atoms with van der Waals surface area (Å²) < 4.78 is 6.52. The minimum absolute atomic E-state index is 0.241. The lowest BCUT2D eigenvalue weighted by molar-refractivity contribution is 0.0510. The van der Waals surface area contributed by atoms with Crippen molar-refractivity contribution in [2.75, 3.05) is 6.61 Å². The van der Waals surface area contributed by atoms with Gasteiger partial charge in [0.1, 0.15) is 5.69 Å². The van der Waals surface area contributed by atoms with Crippen LogP contribution in [0.25, 0.3) is 10.9 Å². The molecule has 2 aromatic carbocycles. The van der Waals surface area contributed by atoms with E-state index in [2.05, 4.69) is 0 Å². The zero-order valence-corrected chi connectivity index (χ0v) is 13.1. The highest BCUT2D eigenvalue weighted by Crippen LogP contribution is 2.22. The largest absolute Gasteiger partial charge is 0.461 e. The first-order valence-corrected chi connectivity index (χ1v) is 7.51. The van der Waals surface area contributed by atoms with Gasteiger partial charge in [-0.2, -0.15) is 0 Å². The maximum absolute atomic E-state index is 12.9. The van der Waals surface area contributed by atoms with Gasteiger partial charge in [0.2, 0.25) is 0 Å². The van der Waals surface area contributed by atoms with Crippen LogP contribution in [0.2, 0.25) is 0 Å². The number of esters is 1. The Morgan fingerprint density at radius 2 is 1.74 bits per heavy atom. The van der Waals surface area contributed by atoms with Gasteiger partial charge in [-0.25, -0.2) is 4.79 Å². The van der Waals surface area contributed by atoms with Crippen molar-refractivity contribution < 1.29 is 14.3 Å². The maximum Gasteiger partial charge on any atom is 0.355 e. The first-order chi connectivity index (χ1) is 11.1. The second kappa shape index (κ2) is 6.08. The number of aromatic nitrogens is 1. The van der Waals surface area contributed by atoms with E-state index < -0.39 is 5.97 Å². The molecule has 0 spiro atoms. The van der Waals surface area contributed by atoms with Crippen molar-refractivity contribution in [2.45, 2.75) is 13.8 Å². The van der Waals surface area contributed by atoms with Crippen LogP contribution in [-0.2, 0) is 4.74 Å². The highest BCUT2D eigenvalue weighted by Gasteiger charge is 2.21. The lowest BCUT2D eigenvalue weighted by Gasteiger charge is -2.09. The average Bonchev–Trinajstić information content (AvgIpc) is 2.94. The fourth-order valence-corrected chi connectivity index (χ4v) is 2.55. The van der Waals surface area contributed by atoms with E-state index in [0.29, 0.717) is 11.1 Å². The molecule has 1 aromatic heterocycles. The van der Waals surface area contributed by atoms with Gasteiger partial charge in [-0.3, -0.25) is 9.36 Å². The minimum Gasteiger partial charge on any atom is -0.461 e. The lowest BCUT2D eigenvalue weighted by atomic mass is 10.1. The molecule has 0 unspecified atom stereocenters. The van der Waals surface area contributed by atoms with E-state index in [0.717, 1.165) is 10.9 Å². The highest BCUT2D eigenvalue weighted by molar-refractivity contribution is 6.08. The van der Waals surface area contributed by atoms with Crippen LogP contribution in [0.1, 0.15) is 33.3 Å². The first kappa shape index (κ1) is 15.0. The van der Waals surface area contributed by atoms with Crippen molar-refractivity contribution in [3.63, 3.8) is 0 Å². The zero-order chi connectivity index (χ0) is 16.4. The highest BCUT2D eigenvalue weighted by atomic mass is 16.5. The molecule has 3 aromatic rings. The second-order valence-electron chi connectivity index (χ2n) is 5.32. The number of carbonyl (C=O) groups is 2. The average molecular weight is 307 g/mol. The fraction of sp³-hybridized carbons (Fsp3) is 0.158. The monoisotopic (exact) mass is 307 g/mol. The summed E-state index contributed by atoms with van der Waals surface area (Å²) in [5.41, 5.74) is 2.55. The Kier molecular flexibility index (Phi) is 3.98. The van der Waals surface area contributed by atoms with Gasteiger partial charge < -0.3 is 4.74 Å². The van der Waals surface area contributed by atoms with Crippen LogP contribution >= 0.6 is 0 Å². The second-order valence-corrected chi connectivity index (χ2v) is 5.32. The van der Waals surface area contributed by atoms with E-state index in [1.165, 1.54) is 4.57 Å². The third-order valence-corrected chi connectivity index (χ3v) is 3.70. The molecule has 0 aliphatic carbocycles. The number of hydrogen-bond donors (Lipinski definition) is 0. The molecule has 0 radical (unpaired) electrons. The molecule has 0 aliphatic rings. The molecule has 0 bridgehead atoms. The molecular formula is C19H17NO3. The summed E-state index contributed by atoms with van der Waals surface area (Å²) in [6.07, 6.45) is 0. The summed E-state index contributed by atoms with van der Waals surface area (Å²) in [4.78, 5) is 25.1. The number of para-hydroxylation sites is 1. The molecule has 0 fully saturated rings. The SMILES string of the molecule is CCOC(=O)c1cc2ccccc2n1C(=O)c1ccc(C)cc1. The number of benzene rings is 2. The van der Waals surface area contributed by atoms with Crippen molar-refractivity contribution in [1.82, 2.24) is 4.57 Å². The van der Waals surface area contributed by atoms with Gasteiger partial charge in [0.05, 0.1) is 12.1 Å². The van der Waals surface area contributed by atoms with Gasteiger partial charge in [-0.1, -0.05) is 35.9 Å². The van der Waals surface area contributed by atoms with E-state index in [9.17, 15) is 9.59 Å². The first-order valence-electron chi connectivity index (χ1n) is 7.51. The summed E-state index contributed by atoms with van der Waals surface area (Å²) in [5, 5.41) is 0.830. The number of fused-ring (bicyclic) bond motifs is 1. The molecular weight excluding hydrogens is 290 g/mol. The number of aryl methyl sites for hydroxylation is 1. The van der Waals surface area contributed by atoms with Gasteiger partial charge in [0.15, 0.2) is 0 Å². The molecule has 116 valence electrons. The van der Waals surface area contributed by atoms with E-state index in [1.807, 2.05) is 43.3 Å². The Morgan fingerprint density at radius 3 is 2.43 bits per heavy atom.